The Hall–Kier alpha value is -2.28. The van der Waals surface area contributed by atoms with Crippen molar-refractivity contribution in [3.05, 3.63) is 57.6 Å². The van der Waals surface area contributed by atoms with E-state index in [0.29, 0.717) is 54.5 Å². The van der Waals surface area contributed by atoms with Crippen LogP contribution in [0.15, 0.2) is 24.5 Å². The molecule has 0 radical (unpaired) electrons. The van der Waals surface area contributed by atoms with E-state index in [1.165, 1.54) is 24.7 Å². The lowest BCUT2D eigenvalue weighted by Gasteiger charge is -2.41. The van der Waals surface area contributed by atoms with Crippen molar-refractivity contribution in [2.24, 2.45) is 0 Å². The summed E-state index contributed by atoms with van der Waals surface area (Å²) >= 11 is 5.85. The number of halogens is 4. The Morgan fingerprint density at radius 1 is 1.08 bits per heavy atom. The van der Waals surface area contributed by atoms with E-state index in [1.54, 1.807) is 6.92 Å². The van der Waals surface area contributed by atoms with Crippen molar-refractivity contribution in [1.82, 2.24) is 24.5 Å². The van der Waals surface area contributed by atoms with Crippen molar-refractivity contribution in [3.8, 4) is 0 Å². The van der Waals surface area contributed by atoms with Crippen LogP contribution in [-0.4, -0.2) is 78.6 Å². The molecule has 39 heavy (non-hydrogen) atoms. The third kappa shape index (κ3) is 7.68. The summed E-state index contributed by atoms with van der Waals surface area (Å²) in [6, 6.07) is 4.04. The van der Waals surface area contributed by atoms with Crippen LogP contribution < -0.4 is 4.72 Å². The molecule has 4 rings (SSSR count). The number of amides is 1. The molecule has 1 amide bonds. The molecule has 3 heterocycles. The van der Waals surface area contributed by atoms with Crippen LogP contribution in [-0.2, 0) is 29.0 Å². The topological polar surface area (TPSA) is 95.5 Å². The molecule has 0 bridgehead atoms. The quantitative estimate of drug-likeness (QED) is 0.529. The lowest BCUT2D eigenvalue weighted by molar-refractivity contribution is -0.137. The number of rotatable bonds is 7. The normalized spacial score (nSPS) is 18.5. The van der Waals surface area contributed by atoms with E-state index in [4.69, 9.17) is 11.6 Å². The molecule has 1 aromatic carbocycles. The highest BCUT2D eigenvalue weighted by Gasteiger charge is 2.33. The van der Waals surface area contributed by atoms with Crippen LogP contribution in [0.1, 0.15) is 58.6 Å². The number of sulfonamides is 1. The zero-order chi connectivity index (χ0) is 28.4. The zero-order valence-electron chi connectivity index (χ0n) is 22.0. The van der Waals surface area contributed by atoms with Crippen LogP contribution in [0.2, 0.25) is 5.02 Å². The molecule has 2 aliphatic heterocycles. The van der Waals surface area contributed by atoms with Gasteiger partial charge in [-0.3, -0.25) is 4.79 Å². The molecule has 1 aromatic heterocycles. The maximum Gasteiger partial charge on any atom is 0.417 e. The fourth-order valence-electron chi connectivity index (χ4n) is 5.43. The molecule has 0 unspecified atom stereocenters. The molecule has 0 aliphatic carbocycles. The Bertz CT molecular complexity index is 1290. The number of nitrogens with one attached hydrogen (secondary N) is 1. The monoisotopic (exact) mass is 587 g/mol. The van der Waals surface area contributed by atoms with E-state index in [-0.39, 0.29) is 17.0 Å². The summed E-state index contributed by atoms with van der Waals surface area (Å²) in [4.78, 5) is 26.1. The maximum absolute atomic E-state index is 13.3. The van der Waals surface area contributed by atoms with Gasteiger partial charge in [-0.05, 0) is 76.2 Å². The van der Waals surface area contributed by atoms with Gasteiger partial charge in [-0.2, -0.15) is 13.2 Å². The number of benzene rings is 1. The van der Waals surface area contributed by atoms with Gasteiger partial charge in [0.25, 0.3) is 5.91 Å². The SMILES string of the molecule is Cc1c(CCc2ccc(C(F)(F)F)c(Cl)c2)ncnc1C(=O)N1CCC(N2CCC(NS(C)(=O)=O)CC2)CC1. The van der Waals surface area contributed by atoms with Gasteiger partial charge in [-0.15, -0.1) is 0 Å². The number of aromatic nitrogens is 2. The second kappa shape index (κ2) is 12.1. The first-order valence-corrected chi connectivity index (χ1v) is 15.3. The molecule has 1 N–H and O–H groups in total. The molecule has 13 heteroatoms. The number of hydrogen-bond acceptors (Lipinski definition) is 6. The van der Waals surface area contributed by atoms with Gasteiger partial charge >= 0.3 is 6.18 Å². The Balaban J connectivity index is 1.32. The van der Waals surface area contributed by atoms with E-state index in [9.17, 15) is 26.4 Å². The van der Waals surface area contributed by atoms with Gasteiger partial charge in [-0.1, -0.05) is 17.7 Å². The minimum absolute atomic E-state index is 0.0240. The molecule has 0 spiro atoms. The highest BCUT2D eigenvalue weighted by atomic mass is 35.5. The fraction of sp³-hybridized carbons (Fsp3) is 0.577. The van der Waals surface area contributed by atoms with Gasteiger partial charge in [0.15, 0.2) is 0 Å². The molecule has 2 fully saturated rings. The van der Waals surface area contributed by atoms with Crippen molar-refractivity contribution in [1.29, 1.82) is 0 Å². The van der Waals surface area contributed by atoms with Crippen molar-refractivity contribution in [3.63, 3.8) is 0 Å². The predicted molar refractivity (Wildman–Crippen MR) is 142 cm³/mol. The first-order chi connectivity index (χ1) is 18.3. The number of hydrogen-bond donors (Lipinski definition) is 1. The largest absolute Gasteiger partial charge is 0.417 e. The first kappa shape index (κ1) is 29.7. The second-order valence-electron chi connectivity index (χ2n) is 10.3. The Labute approximate surface area is 232 Å². The molecule has 2 aliphatic rings. The lowest BCUT2D eigenvalue weighted by Crippen LogP contribution is -2.51. The van der Waals surface area contributed by atoms with Crippen LogP contribution >= 0.6 is 11.6 Å². The molecule has 8 nitrogen and oxygen atoms in total. The average molecular weight is 588 g/mol. The highest BCUT2D eigenvalue weighted by molar-refractivity contribution is 7.88. The standard InChI is InChI=1S/C26H33ClF3N5O3S/c1-17-23(6-4-18-3-5-21(22(27)15-18)26(28,29)30)31-16-32-24(17)25(36)35-13-9-20(10-14-35)34-11-7-19(8-12-34)33-39(2,37)38/h3,5,15-16,19-20,33H,4,6-14H2,1-2H3. The number of alkyl halides is 3. The molecule has 0 atom stereocenters. The fourth-order valence-corrected chi connectivity index (χ4v) is 6.58. The average Bonchev–Trinajstić information content (AvgIpc) is 2.87. The number of nitrogens with zero attached hydrogens (tertiary/aromatic N) is 4. The molecular formula is C26H33ClF3N5O3S. The van der Waals surface area contributed by atoms with Gasteiger partial charge < -0.3 is 9.80 Å². The summed E-state index contributed by atoms with van der Waals surface area (Å²) < 4.78 is 64.6. The lowest BCUT2D eigenvalue weighted by atomic mass is 9.97. The third-order valence-electron chi connectivity index (χ3n) is 7.56. The van der Waals surface area contributed by atoms with Gasteiger partial charge in [-0.25, -0.2) is 23.1 Å². The summed E-state index contributed by atoms with van der Waals surface area (Å²) in [7, 11) is -3.21. The Kier molecular flexibility index (Phi) is 9.19. The van der Waals surface area contributed by atoms with Crippen LogP contribution in [0.25, 0.3) is 0 Å². The van der Waals surface area contributed by atoms with Crippen molar-refractivity contribution < 1.29 is 26.4 Å². The summed E-state index contributed by atoms with van der Waals surface area (Å²) in [5.74, 6) is -0.150. The number of carbonyl (C=O) groups is 1. The van der Waals surface area contributed by atoms with Gasteiger partial charge in [0.1, 0.15) is 12.0 Å². The van der Waals surface area contributed by atoms with Gasteiger partial charge in [0.05, 0.1) is 16.8 Å². The van der Waals surface area contributed by atoms with E-state index < -0.39 is 21.8 Å². The van der Waals surface area contributed by atoms with Crippen LogP contribution in [0.5, 0.6) is 0 Å². The maximum atomic E-state index is 13.3. The minimum Gasteiger partial charge on any atom is -0.337 e. The second-order valence-corrected chi connectivity index (χ2v) is 12.5. The van der Waals surface area contributed by atoms with Crippen LogP contribution in [0.4, 0.5) is 13.2 Å². The van der Waals surface area contributed by atoms with E-state index in [0.717, 1.165) is 44.8 Å². The Morgan fingerprint density at radius 3 is 2.33 bits per heavy atom. The van der Waals surface area contributed by atoms with E-state index in [1.807, 2.05) is 4.90 Å². The minimum atomic E-state index is -4.50. The molecular weight excluding hydrogens is 555 g/mol. The van der Waals surface area contributed by atoms with E-state index in [2.05, 4.69) is 19.6 Å². The molecule has 2 aromatic rings. The number of aryl methyl sites for hydroxylation is 2. The molecule has 2 saturated heterocycles. The first-order valence-electron chi connectivity index (χ1n) is 13.0. The summed E-state index contributed by atoms with van der Waals surface area (Å²) in [5.41, 5.74) is 1.47. The predicted octanol–water partition coefficient (Wildman–Crippen LogP) is 3.86. The van der Waals surface area contributed by atoms with Gasteiger partial charge in [0.2, 0.25) is 10.0 Å². The summed E-state index contributed by atoms with van der Waals surface area (Å²) in [5, 5.41) is -0.339. The number of likely N-dealkylation sites (tertiary alicyclic amines) is 2. The Morgan fingerprint density at radius 2 is 1.74 bits per heavy atom. The van der Waals surface area contributed by atoms with Gasteiger partial charge in [0, 0.05) is 36.4 Å². The van der Waals surface area contributed by atoms with Crippen molar-refractivity contribution in [2.45, 2.75) is 63.7 Å². The van der Waals surface area contributed by atoms with E-state index >= 15 is 0 Å². The summed E-state index contributed by atoms with van der Waals surface area (Å²) in [6.45, 7) is 4.65. The molecule has 0 saturated carbocycles. The third-order valence-corrected chi connectivity index (χ3v) is 8.63. The molecule has 214 valence electrons. The smallest absolute Gasteiger partial charge is 0.337 e. The number of carbonyl (C=O) groups excluding carboxylic acids is 1. The van der Waals surface area contributed by atoms with Crippen molar-refractivity contribution in [2.75, 3.05) is 32.4 Å². The van der Waals surface area contributed by atoms with Crippen molar-refractivity contribution >= 4 is 27.5 Å². The summed E-state index contributed by atoms with van der Waals surface area (Å²) in [6.07, 6.45) is 2.11. The number of piperidine rings is 2. The zero-order valence-corrected chi connectivity index (χ0v) is 23.5. The van der Waals surface area contributed by atoms with Crippen LogP contribution in [0, 0.1) is 6.92 Å². The van der Waals surface area contributed by atoms with Crippen LogP contribution in [0.3, 0.4) is 0 Å². The highest BCUT2D eigenvalue weighted by Crippen LogP contribution is 2.35.